The Morgan fingerprint density at radius 3 is 2.39 bits per heavy atom. The molecule has 0 saturated carbocycles. The molecule has 0 bridgehead atoms. The average molecular weight is 500 g/mol. The molecule has 170 valence electrons. The first kappa shape index (κ1) is 24.6. The molecule has 0 unspecified atom stereocenters. The van der Waals surface area contributed by atoms with Gasteiger partial charge in [-0.25, -0.2) is 0 Å². The van der Waals surface area contributed by atoms with Gasteiger partial charge in [-0.3, -0.25) is 9.59 Å². The predicted molar refractivity (Wildman–Crippen MR) is 140 cm³/mol. The Labute approximate surface area is 207 Å². The highest BCUT2D eigenvalue weighted by atomic mass is 35.5. The second-order valence-corrected chi connectivity index (χ2v) is 8.82. The van der Waals surface area contributed by atoms with Crippen molar-refractivity contribution in [3.05, 3.63) is 77.3 Å². The molecule has 0 aliphatic heterocycles. The van der Waals surface area contributed by atoms with Gasteiger partial charge in [0, 0.05) is 26.9 Å². The fourth-order valence-corrected chi connectivity index (χ4v) is 4.02. The Morgan fingerprint density at radius 2 is 1.70 bits per heavy atom. The van der Waals surface area contributed by atoms with Crippen molar-refractivity contribution < 1.29 is 14.3 Å². The summed E-state index contributed by atoms with van der Waals surface area (Å²) < 4.78 is 5.25. The molecule has 0 spiro atoms. The van der Waals surface area contributed by atoms with Gasteiger partial charge in [0.2, 0.25) is 5.91 Å². The summed E-state index contributed by atoms with van der Waals surface area (Å²) in [4.78, 5) is 24.7. The number of Topliss-reactive ketones (excluding diaryl/α,β-unsaturated/α-hetero) is 1. The molecule has 9 heteroatoms. The van der Waals surface area contributed by atoms with Gasteiger partial charge < -0.3 is 20.7 Å². The summed E-state index contributed by atoms with van der Waals surface area (Å²) in [5.74, 6) is 0.590. The SMILES string of the molecule is COc1ccc(Cl)cc1NC(=O)CSc1cccc(NC(=S)Nc2ccc(C(C)=O)cc2)c1. The molecule has 0 radical (unpaired) electrons. The number of benzene rings is 3. The maximum Gasteiger partial charge on any atom is 0.234 e. The van der Waals surface area contributed by atoms with E-state index in [1.54, 1.807) is 42.5 Å². The first-order valence-corrected chi connectivity index (χ1v) is 11.7. The van der Waals surface area contributed by atoms with Crippen LogP contribution in [0.1, 0.15) is 17.3 Å². The molecule has 0 saturated heterocycles. The topological polar surface area (TPSA) is 79.5 Å². The lowest BCUT2D eigenvalue weighted by atomic mass is 10.1. The number of anilines is 3. The first-order chi connectivity index (χ1) is 15.8. The predicted octanol–water partition coefficient (Wildman–Crippen LogP) is 6.09. The lowest BCUT2D eigenvalue weighted by Gasteiger charge is -2.12. The van der Waals surface area contributed by atoms with Crippen LogP contribution in [0.5, 0.6) is 5.75 Å². The molecule has 3 aromatic carbocycles. The second-order valence-electron chi connectivity index (χ2n) is 6.92. The van der Waals surface area contributed by atoms with Crippen LogP contribution in [0.2, 0.25) is 5.02 Å². The molecule has 33 heavy (non-hydrogen) atoms. The Balaban J connectivity index is 1.54. The summed E-state index contributed by atoms with van der Waals surface area (Å²) in [6.07, 6.45) is 0. The fourth-order valence-electron chi connectivity index (χ4n) is 2.86. The van der Waals surface area contributed by atoms with Crippen molar-refractivity contribution in [1.82, 2.24) is 0 Å². The van der Waals surface area contributed by atoms with Gasteiger partial charge in [0.25, 0.3) is 0 Å². The van der Waals surface area contributed by atoms with Crippen LogP contribution in [-0.2, 0) is 4.79 Å². The lowest BCUT2D eigenvalue weighted by molar-refractivity contribution is -0.113. The Morgan fingerprint density at radius 1 is 0.970 bits per heavy atom. The molecule has 3 aromatic rings. The van der Waals surface area contributed by atoms with Crippen LogP contribution < -0.4 is 20.7 Å². The molecule has 0 aliphatic rings. The van der Waals surface area contributed by atoms with Gasteiger partial charge in [-0.1, -0.05) is 17.7 Å². The molecule has 0 fully saturated rings. The van der Waals surface area contributed by atoms with Crippen molar-refractivity contribution in [3.8, 4) is 5.75 Å². The number of hydrogen-bond acceptors (Lipinski definition) is 5. The van der Waals surface area contributed by atoms with Crippen molar-refractivity contribution in [3.63, 3.8) is 0 Å². The number of nitrogens with one attached hydrogen (secondary N) is 3. The average Bonchev–Trinajstić information content (AvgIpc) is 2.78. The van der Waals surface area contributed by atoms with Gasteiger partial charge in [0.1, 0.15) is 5.75 Å². The largest absolute Gasteiger partial charge is 0.495 e. The van der Waals surface area contributed by atoms with Crippen LogP contribution >= 0.6 is 35.6 Å². The van der Waals surface area contributed by atoms with E-state index < -0.39 is 0 Å². The van der Waals surface area contributed by atoms with Crippen LogP contribution in [0.3, 0.4) is 0 Å². The summed E-state index contributed by atoms with van der Waals surface area (Å²) in [6, 6.07) is 19.7. The summed E-state index contributed by atoms with van der Waals surface area (Å²) in [6.45, 7) is 1.53. The third-order valence-electron chi connectivity index (χ3n) is 4.45. The van der Waals surface area contributed by atoms with E-state index in [0.717, 1.165) is 16.3 Å². The number of thioether (sulfide) groups is 1. The minimum absolute atomic E-state index is 0.0111. The lowest BCUT2D eigenvalue weighted by Crippen LogP contribution is -2.19. The zero-order chi connectivity index (χ0) is 23.8. The van der Waals surface area contributed by atoms with Crippen LogP contribution in [0, 0.1) is 0 Å². The molecule has 3 N–H and O–H groups in total. The van der Waals surface area contributed by atoms with Gasteiger partial charge in [0.15, 0.2) is 10.9 Å². The van der Waals surface area contributed by atoms with Crippen molar-refractivity contribution in [2.24, 2.45) is 0 Å². The molecule has 0 heterocycles. The number of thiocarbonyl (C=S) groups is 1. The molecule has 0 aromatic heterocycles. The highest BCUT2D eigenvalue weighted by Crippen LogP contribution is 2.28. The molecular formula is C24H22ClN3O3S2. The first-order valence-electron chi connectivity index (χ1n) is 9.89. The summed E-state index contributed by atoms with van der Waals surface area (Å²) in [7, 11) is 1.53. The second kappa shape index (κ2) is 11.7. The maximum absolute atomic E-state index is 12.4. The Hall–Kier alpha value is -3.07. The number of hydrogen-bond donors (Lipinski definition) is 3. The summed E-state index contributed by atoms with van der Waals surface area (Å²) >= 11 is 12.8. The van der Waals surface area contributed by atoms with Crippen molar-refractivity contribution >= 4 is 69.4 Å². The van der Waals surface area contributed by atoms with E-state index in [1.807, 2.05) is 24.3 Å². The number of amides is 1. The van der Waals surface area contributed by atoms with Crippen LogP contribution in [-0.4, -0.2) is 29.7 Å². The number of halogens is 1. The van der Waals surface area contributed by atoms with Gasteiger partial charge >= 0.3 is 0 Å². The minimum atomic E-state index is -0.176. The van der Waals surface area contributed by atoms with Gasteiger partial charge in [-0.2, -0.15) is 0 Å². The smallest absolute Gasteiger partial charge is 0.234 e. The third kappa shape index (κ3) is 7.49. The van der Waals surface area contributed by atoms with E-state index >= 15 is 0 Å². The highest BCUT2D eigenvalue weighted by Gasteiger charge is 2.10. The Bertz CT molecular complexity index is 1170. The van der Waals surface area contributed by atoms with Crippen LogP contribution in [0.4, 0.5) is 17.1 Å². The van der Waals surface area contributed by atoms with Crippen molar-refractivity contribution in [2.75, 3.05) is 28.8 Å². The normalized spacial score (nSPS) is 10.3. The summed E-state index contributed by atoms with van der Waals surface area (Å²) in [5.41, 5.74) is 2.73. The van der Waals surface area contributed by atoms with E-state index in [-0.39, 0.29) is 17.4 Å². The summed E-state index contributed by atoms with van der Waals surface area (Å²) in [5, 5.41) is 9.96. The number of rotatable bonds is 8. The van der Waals surface area contributed by atoms with E-state index in [0.29, 0.717) is 27.1 Å². The standard InChI is InChI=1S/C24H22ClN3O3S2/c1-15(29)16-6-9-18(10-7-16)26-24(32)27-19-4-3-5-20(13-19)33-14-23(30)28-21-12-17(25)8-11-22(21)31-2/h3-13H,14H2,1-2H3,(H,28,30)(H2,26,27,32). The quantitative estimate of drug-likeness (QED) is 0.196. The molecule has 1 amide bonds. The molecular weight excluding hydrogens is 478 g/mol. The zero-order valence-corrected chi connectivity index (χ0v) is 20.4. The number of methoxy groups -OCH3 is 1. The fraction of sp³-hybridized carbons (Fsp3) is 0.125. The monoisotopic (exact) mass is 499 g/mol. The van der Waals surface area contributed by atoms with Gasteiger partial charge in [-0.15, -0.1) is 11.8 Å². The van der Waals surface area contributed by atoms with Gasteiger partial charge in [-0.05, 0) is 79.8 Å². The van der Waals surface area contributed by atoms with E-state index in [1.165, 1.54) is 25.8 Å². The number of ether oxygens (including phenoxy) is 1. The third-order valence-corrected chi connectivity index (χ3v) is 5.88. The highest BCUT2D eigenvalue weighted by molar-refractivity contribution is 8.00. The molecule has 0 atom stereocenters. The van der Waals surface area contributed by atoms with E-state index in [4.69, 9.17) is 28.6 Å². The molecule has 0 aliphatic carbocycles. The van der Waals surface area contributed by atoms with Crippen molar-refractivity contribution in [1.29, 1.82) is 0 Å². The molecule has 6 nitrogen and oxygen atoms in total. The van der Waals surface area contributed by atoms with E-state index in [2.05, 4.69) is 16.0 Å². The number of carbonyl (C=O) groups is 2. The van der Waals surface area contributed by atoms with Crippen LogP contribution in [0.25, 0.3) is 0 Å². The molecule has 3 rings (SSSR count). The van der Waals surface area contributed by atoms with Crippen molar-refractivity contribution in [2.45, 2.75) is 11.8 Å². The number of ketones is 1. The van der Waals surface area contributed by atoms with Gasteiger partial charge in [0.05, 0.1) is 18.6 Å². The minimum Gasteiger partial charge on any atom is -0.495 e. The zero-order valence-electron chi connectivity index (χ0n) is 18.0. The maximum atomic E-state index is 12.4. The Kier molecular flexibility index (Phi) is 8.71. The number of carbonyl (C=O) groups excluding carboxylic acids is 2. The van der Waals surface area contributed by atoms with E-state index in [9.17, 15) is 9.59 Å². The van der Waals surface area contributed by atoms with Crippen LogP contribution in [0.15, 0.2) is 71.6 Å².